The molecule has 0 aliphatic rings. The number of nitrogens with one attached hydrogen (secondary N) is 1. The lowest BCUT2D eigenvalue weighted by Gasteiger charge is -2.16. The standard InChI is InChI=1S/C12H17BrN2O2S/c1-3-4-5-9(2)15-12-7-6-10(8-11(12)13)18(14,16)17/h3,6-9,15H,1,4-5H2,2H3,(H2,14,16,17). The van der Waals surface area contributed by atoms with E-state index in [0.29, 0.717) is 4.47 Å². The van der Waals surface area contributed by atoms with Crippen molar-refractivity contribution in [2.75, 3.05) is 5.32 Å². The van der Waals surface area contributed by atoms with Gasteiger partial charge in [0.1, 0.15) is 0 Å². The molecule has 1 unspecified atom stereocenters. The van der Waals surface area contributed by atoms with E-state index in [9.17, 15) is 8.42 Å². The molecule has 0 amide bonds. The summed E-state index contributed by atoms with van der Waals surface area (Å²) in [5.74, 6) is 0. The zero-order chi connectivity index (χ0) is 13.8. The van der Waals surface area contributed by atoms with Crippen LogP contribution >= 0.6 is 15.9 Å². The summed E-state index contributed by atoms with van der Waals surface area (Å²) >= 11 is 3.33. The molecule has 1 rings (SSSR count). The summed E-state index contributed by atoms with van der Waals surface area (Å²) in [6.07, 6.45) is 3.77. The van der Waals surface area contributed by atoms with Gasteiger partial charge in [-0.2, -0.15) is 0 Å². The largest absolute Gasteiger partial charge is 0.382 e. The van der Waals surface area contributed by atoms with Gasteiger partial charge in [0.2, 0.25) is 10.0 Å². The van der Waals surface area contributed by atoms with E-state index in [2.05, 4.69) is 34.7 Å². The summed E-state index contributed by atoms with van der Waals surface area (Å²) in [5, 5.41) is 8.36. The summed E-state index contributed by atoms with van der Waals surface area (Å²) in [5.41, 5.74) is 0.846. The third-order valence-corrected chi connectivity index (χ3v) is 4.04. The minimum absolute atomic E-state index is 0.0960. The number of anilines is 1. The van der Waals surface area contributed by atoms with Gasteiger partial charge in [0, 0.05) is 16.2 Å². The van der Waals surface area contributed by atoms with Crippen molar-refractivity contribution in [1.29, 1.82) is 0 Å². The Morgan fingerprint density at radius 3 is 2.72 bits per heavy atom. The smallest absolute Gasteiger partial charge is 0.238 e. The highest BCUT2D eigenvalue weighted by Crippen LogP contribution is 2.26. The molecule has 3 N–H and O–H groups in total. The number of hydrogen-bond acceptors (Lipinski definition) is 3. The number of allylic oxidation sites excluding steroid dienone is 1. The number of hydrogen-bond donors (Lipinski definition) is 2. The van der Waals surface area contributed by atoms with E-state index in [4.69, 9.17) is 5.14 Å². The Morgan fingerprint density at radius 1 is 1.56 bits per heavy atom. The van der Waals surface area contributed by atoms with Gasteiger partial charge in [0.25, 0.3) is 0 Å². The number of primary sulfonamides is 1. The Hall–Kier alpha value is -0.850. The summed E-state index contributed by atoms with van der Waals surface area (Å²) < 4.78 is 23.1. The fourth-order valence-corrected chi connectivity index (χ4v) is 2.68. The van der Waals surface area contributed by atoms with E-state index < -0.39 is 10.0 Å². The van der Waals surface area contributed by atoms with Gasteiger partial charge in [-0.3, -0.25) is 0 Å². The lowest BCUT2D eigenvalue weighted by Crippen LogP contribution is -2.16. The third kappa shape index (κ3) is 4.44. The van der Waals surface area contributed by atoms with Gasteiger partial charge in [-0.15, -0.1) is 6.58 Å². The minimum Gasteiger partial charge on any atom is -0.382 e. The van der Waals surface area contributed by atoms with Crippen molar-refractivity contribution in [2.24, 2.45) is 5.14 Å². The van der Waals surface area contributed by atoms with Crippen LogP contribution in [0.2, 0.25) is 0 Å². The first-order valence-corrected chi connectivity index (χ1v) is 7.88. The summed E-state index contributed by atoms with van der Waals surface area (Å²) in [6.45, 7) is 5.74. The Bertz CT molecular complexity index is 529. The SMILES string of the molecule is C=CCCC(C)Nc1ccc(S(N)(=O)=O)cc1Br. The van der Waals surface area contributed by atoms with Gasteiger partial charge in [0.15, 0.2) is 0 Å². The molecule has 0 saturated carbocycles. The Labute approximate surface area is 116 Å². The average molecular weight is 333 g/mol. The average Bonchev–Trinajstić information content (AvgIpc) is 2.27. The Balaban J connectivity index is 2.83. The van der Waals surface area contributed by atoms with Crippen molar-refractivity contribution in [3.8, 4) is 0 Å². The van der Waals surface area contributed by atoms with Crippen molar-refractivity contribution < 1.29 is 8.42 Å². The van der Waals surface area contributed by atoms with E-state index >= 15 is 0 Å². The zero-order valence-electron chi connectivity index (χ0n) is 10.2. The zero-order valence-corrected chi connectivity index (χ0v) is 12.6. The lowest BCUT2D eigenvalue weighted by atomic mass is 10.1. The second-order valence-electron chi connectivity index (χ2n) is 4.10. The van der Waals surface area contributed by atoms with Crippen LogP contribution in [-0.4, -0.2) is 14.5 Å². The van der Waals surface area contributed by atoms with Crippen molar-refractivity contribution in [1.82, 2.24) is 0 Å². The van der Waals surface area contributed by atoms with Crippen LogP contribution in [0, 0.1) is 0 Å². The topological polar surface area (TPSA) is 72.2 Å². The number of rotatable bonds is 6. The molecule has 100 valence electrons. The van der Waals surface area contributed by atoms with Crippen LogP contribution in [0.1, 0.15) is 19.8 Å². The molecule has 0 saturated heterocycles. The molecule has 4 nitrogen and oxygen atoms in total. The first-order chi connectivity index (χ1) is 8.34. The molecular weight excluding hydrogens is 316 g/mol. The molecular formula is C12H17BrN2O2S. The van der Waals surface area contributed by atoms with Crippen LogP contribution in [0.15, 0.2) is 40.2 Å². The summed E-state index contributed by atoms with van der Waals surface area (Å²) in [4.78, 5) is 0.0960. The fourth-order valence-electron chi connectivity index (χ4n) is 1.50. The third-order valence-electron chi connectivity index (χ3n) is 2.47. The van der Waals surface area contributed by atoms with E-state index in [1.807, 2.05) is 6.08 Å². The van der Waals surface area contributed by atoms with Crippen molar-refractivity contribution >= 4 is 31.6 Å². The first kappa shape index (κ1) is 15.2. The van der Waals surface area contributed by atoms with Gasteiger partial charge in [-0.25, -0.2) is 13.6 Å². The van der Waals surface area contributed by atoms with E-state index in [-0.39, 0.29) is 10.9 Å². The van der Waals surface area contributed by atoms with Crippen molar-refractivity contribution in [3.05, 3.63) is 35.3 Å². The molecule has 6 heteroatoms. The molecule has 0 spiro atoms. The molecule has 18 heavy (non-hydrogen) atoms. The van der Waals surface area contributed by atoms with E-state index in [1.54, 1.807) is 6.07 Å². The lowest BCUT2D eigenvalue weighted by molar-refractivity contribution is 0.598. The van der Waals surface area contributed by atoms with Gasteiger partial charge in [0.05, 0.1) is 4.90 Å². The molecule has 0 aliphatic carbocycles. The first-order valence-electron chi connectivity index (χ1n) is 5.54. The van der Waals surface area contributed by atoms with Crippen LogP contribution < -0.4 is 10.5 Å². The Morgan fingerprint density at radius 2 is 2.22 bits per heavy atom. The molecule has 1 atom stereocenters. The number of halogens is 1. The van der Waals surface area contributed by atoms with Crippen LogP contribution in [0.3, 0.4) is 0 Å². The van der Waals surface area contributed by atoms with Gasteiger partial charge in [-0.1, -0.05) is 6.08 Å². The van der Waals surface area contributed by atoms with Crippen molar-refractivity contribution in [3.63, 3.8) is 0 Å². The number of nitrogens with two attached hydrogens (primary N) is 1. The van der Waals surface area contributed by atoms with Gasteiger partial charge >= 0.3 is 0 Å². The number of benzene rings is 1. The molecule has 0 aliphatic heterocycles. The van der Waals surface area contributed by atoms with Crippen LogP contribution in [-0.2, 0) is 10.0 Å². The van der Waals surface area contributed by atoms with Crippen LogP contribution in [0.5, 0.6) is 0 Å². The Kier molecular flexibility index (Phi) is 5.37. The second kappa shape index (κ2) is 6.36. The maximum atomic E-state index is 11.2. The van der Waals surface area contributed by atoms with Crippen LogP contribution in [0.4, 0.5) is 5.69 Å². The molecule has 1 aromatic carbocycles. The minimum atomic E-state index is -3.66. The van der Waals surface area contributed by atoms with E-state index in [0.717, 1.165) is 18.5 Å². The highest BCUT2D eigenvalue weighted by atomic mass is 79.9. The maximum absolute atomic E-state index is 11.2. The molecule has 0 fully saturated rings. The monoisotopic (exact) mass is 332 g/mol. The predicted octanol–water partition coefficient (Wildman–Crippen LogP) is 2.86. The molecule has 0 heterocycles. The normalized spacial score (nSPS) is 13.1. The molecule has 0 aromatic heterocycles. The highest BCUT2D eigenvalue weighted by molar-refractivity contribution is 9.10. The quantitative estimate of drug-likeness (QED) is 0.786. The van der Waals surface area contributed by atoms with Crippen molar-refractivity contribution in [2.45, 2.75) is 30.7 Å². The summed E-state index contributed by atoms with van der Waals surface area (Å²) in [7, 11) is -3.66. The van der Waals surface area contributed by atoms with Crippen LogP contribution in [0.25, 0.3) is 0 Å². The number of sulfonamides is 1. The maximum Gasteiger partial charge on any atom is 0.238 e. The highest BCUT2D eigenvalue weighted by Gasteiger charge is 2.11. The molecule has 0 bridgehead atoms. The van der Waals surface area contributed by atoms with Gasteiger partial charge < -0.3 is 5.32 Å². The second-order valence-corrected chi connectivity index (χ2v) is 6.51. The van der Waals surface area contributed by atoms with Gasteiger partial charge in [-0.05, 0) is 53.9 Å². The predicted molar refractivity (Wildman–Crippen MR) is 78.0 cm³/mol. The molecule has 0 radical (unpaired) electrons. The summed E-state index contributed by atoms with van der Waals surface area (Å²) in [6, 6.07) is 4.97. The molecule has 1 aromatic rings. The fraction of sp³-hybridized carbons (Fsp3) is 0.333. The van der Waals surface area contributed by atoms with E-state index in [1.165, 1.54) is 12.1 Å².